The smallest absolute Gasteiger partial charge is 0.161 e. The van der Waals surface area contributed by atoms with Crippen molar-refractivity contribution < 1.29 is 4.39 Å². The number of nitrogens with zero attached hydrogens (tertiary/aromatic N) is 3. The Hall–Kier alpha value is -4.73. The molecule has 0 bridgehead atoms. The summed E-state index contributed by atoms with van der Waals surface area (Å²) in [5.41, 5.74) is 9.53. The molecule has 0 radical (unpaired) electrons. The van der Waals surface area contributed by atoms with Gasteiger partial charge in [0.25, 0.3) is 0 Å². The number of aryl methyl sites for hydroxylation is 1. The Morgan fingerprint density at radius 3 is 2.60 bits per heavy atom. The highest BCUT2D eigenvalue weighted by atomic mass is 32.2. The van der Waals surface area contributed by atoms with Gasteiger partial charge in [0.15, 0.2) is 11.5 Å². The first-order chi connectivity index (χ1) is 22.5. The van der Waals surface area contributed by atoms with Crippen LogP contribution in [0.5, 0.6) is 0 Å². The van der Waals surface area contributed by atoms with Crippen molar-refractivity contribution in [1.29, 1.82) is 0 Å². The number of pyridine rings is 1. The van der Waals surface area contributed by atoms with Crippen LogP contribution < -0.4 is 10.0 Å². The molecule has 4 aromatic rings. The maximum atomic E-state index is 14.9. The Morgan fingerprint density at radius 2 is 1.94 bits per heavy atom. The van der Waals surface area contributed by atoms with Gasteiger partial charge in [0.05, 0.1) is 16.9 Å². The Morgan fingerprint density at radius 1 is 1.15 bits per heavy atom. The average molecular weight is 650 g/mol. The molecule has 0 amide bonds. The van der Waals surface area contributed by atoms with E-state index in [1.54, 1.807) is 6.08 Å². The molecule has 1 aliphatic rings. The lowest BCUT2D eigenvalue weighted by Gasteiger charge is -2.28. The van der Waals surface area contributed by atoms with Crippen LogP contribution >= 0.6 is 9.39 Å². The zero-order valence-electron chi connectivity index (χ0n) is 27.7. The van der Waals surface area contributed by atoms with E-state index >= 15 is 0 Å². The van der Waals surface area contributed by atoms with Crippen LogP contribution in [0.1, 0.15) is 61.3 Å². The minimum absolute atomic E-state index is 0.324. The monoisotopic (exact) mass is 649 g/mol. The van der Waals surface area contributed by atoms with Crippen molar-refractivity contribution in [2.24, 2.45) is 5.92 Å². The standard InChI is InChI=1S/C38H44FN7S/c1-9-12-16-32(29-19-26(20-30(39)21-29)23-40-47(6,7)8)35-25(5)42-38(44-35)37-36-34(45-46-37)18-17-33(43-36)27(10-2)22-31(11-3)41-24(4)28-14-13-15-28/h9-12,16-22,28,40-41H,3-4,6-7,13-15,23H2,1-2,5,8H3,(H,42,44)(H,45,46)/b12-9-,27-10+,31-22+,32-16-. The van der Waals surface area contributed by atoms with Gasteiger partial charge in [-0.15, -0.1) is 0 Å². The predicted molar refractivity (Wildman–Crippen MR) is 201 cm³/mol. The second-order valence-electron chi connectivity index (χ2n) is 12.1. The Labute approximate surface area is 277 Å². The summed E-state index contributed by atoms with van der Waals surface area (Å²) in [6.45, 7) is 14.6. The molecule has 1 saturated carbocycles. The van der Waals surface area contributed by atoms with Gasteiger partial charge < -0.3 is 10.3 Å². The SMILES string of the molecule is C=C/C(=C\C(=C/C)c1ccc2[nH]nc(-c3nc(/C(=C\C=C/C)c4cc(F)cc(CNS(=C)(=C)C)c4)c(C)[nH]3)c2n1)NC(=C)C1CCC1. The minimum atomic E-state index is -1.46. The first kappa shape index (κ1) is 33.6. The van der Waals surface area contributed by atoms with E-state index in [9.17, 15) is 4.39 Å². The molecule has 3 heterocycles. The topological polar surface area (TPSA) is 94.3 Å². The number of fused-ring (bicyclic) bond motifs is 1. The normalized spacial score (nSPS) is 15.0. The number of benzene rings is 1. The highest BCUT2D eigenvalue weighted by Crippen LogP contribution is 2.33. The van der Waals surface area contributed by atoms with Gasteiger partial charge in [-0.2, -0.15) is 14.5 Å². The molecule has 0 aliphatic heterocycles. The number of H-pyrrole nitrogens is 2. The summed E-state index contributed by atoms with van der Waals surface area (Å²) in [7, 11) is -1.46. The highest BCUT2D eigenvalue weighted by Gasteiger charge is 2.22. The molecular formula is C38H44FN7S. The number of rotatable bonds is 13. The van der Waals surface area contributed by atoms with Gasteiger partial charge in [0, 0.05) is 29.2 Å². The molecule has 0 spiro atoms. The molecule has 1 fully saturated rings. The van der Waals surface area contributed by atoms with Crippen LogP contribution in [0.25, 0.3) is 33.7 Å². The Balaban J connectivity index is 1.50. The van der Waals surface area contributed by atoms with Crippen molar-refractivity contribution in [2.45, 2.75) is 46.6 Å². The van der Waals surface area contributed by atoms with Gasteiger partial charge in [-0.3, -0.25) is 9.82 Å². The van der Waals surface area contributed by atoms with Crippen LogP contribution in [0, 0.1) is 18.7 Å². The third-order valence-corrected chi connectivity index (χ3v) is 9.00. The quantitative estimate of drug-likeness (QED) is 0.0861. The fourth-order valence-corrected chi connectivity index (χ4v) is 5.91. The molecule has 9 heteroatoms. The number of hydrogen-bond donors (Lipinski definition) is 4. The van der Waals surface area contributed by atoms with Crippen LogP contribution in [0.3, 0.4) is 0 Å². The summed E-state index contributed by atoms with van der Waals surface area (Å²) in [5.74, 6) is 8.90. The second kappa shape index (κ2) is 14.4. The molecule has 0 unspecified atom stereocenters. The zero-order chi connectivity index (χ0) is 33.7. The van der Waals surface area contributed by atoms with E-state index in [0.29, 0.717) is 40.8 Å². The molecule has 7 nitrogen and oxygen atoms in total. The van der Waals surface area contributed by atoms with Gasteiger partial charge >= 0.3 is 0 Å². The van der Waals surface area contributed by atoms with E-state index in [1.165, 1.54) is 31.4 Å². The number of hydrogen-bond acceptors (Lipinski definition) is 5. The molecule has 3 aromatic heterocycles. The number of aromatic amines is 2. The summed E-state index contributed by atoms with van der Waals surface area (Å²) < 4.78 is 18.2. The first-order valence-corrected chi connectivity index (χ1v) is 18.1. The molecule has 244 valence electrons. The van der Waals surface area contributed by atoms with E-state index < -0.39 is 9.39 Å². The van der Waals surface area contributed by atoms with Crippen LogP contribution in [0.2, 0.25) is 0 Å². The van der Waals surface area contributed by atoms with Crippen molar-refractivity contribution in [1.82, 2.24) is 35.2 Å². The van der Waals surface area contributed by atoms with E-state index in [-0.39, 0.29) is 5.82 Å². The first-order valence-electron chi connectivity index (χ1n) is 15.7. The molecule has 5 rings (SSSR count). The lowest BCUT2D eigenvalue weighted by molar-refractivity contribution is 0.356. The van der Waals surface area contributed by atoms with Crippen LogP contribution in [-0.2, 0) is 6.54 Å². The maximum absolute atomic E-state index is 14.9. The molecule has 0 atom stereocenters. The summed E-state index contributed by atoms with van der Waals surface area (Å²) in [6.07, 6.45) is 17.2. The van der Waals surface area contributed by atoms with Crippen LogP contribution in [0.4, 0.5) is 4.39 Å². The van der Waals surface area contributed by atoms with Crippen molar-refractivity contribution in [2.75, 3.05) is 6.26 Å². The molecular weight excluding hydrogens is 606 g/mol. The van der Waals surface area contributed by atoms with E-state index in [0.717, 1.165) is 45.0 Å². The number of aromatic nitrogens is 5. The fourth-order valence-electron chi connectivity index (χ4n) is 5.39. The lowest BCUT2D eigenvalue weighted by atomic mass is 9.83. The largest absolute Gasteiger partial charge is 0.359 e. The van der Waals surface area contributed by atoms with Crippen molar-refractivity contribution in [3.05, 3.63) is 125 Å². The zero-order valence-corrected chi connectivity index (χ0v) is 28.5. The average Bonchev–Trinajstić information content (AvgIpc) is 3.59. The molecule has 1 aromatic carbocycles. The third kappa shape index (κ3) is 7.99. The highest BCUT2D eigenvalue weighted by molar-refractivity contribution is 8.25. The number of halogens is 1. The van der Waals surface area contributed by atoms with E-state index in [2.05, 4.69) is 50.1 Å². The molecule has 1 aliphatic carbocycles. The number of nitrogens with one attached hydrogen (secondary N) is 4. The Kier molecular flexibility index (Phi) is 10.3. The second-order valence-corrected chi connectivity index (χ2v) is 14.9. The molecule has 0 saturated heterocycles. The van der Waals surface area contributed by atoms with Crippen molar-refractivity contribution in [3.63, 3.8) is 0 Å². The molecule has 4 N–H and O–H groups in total. The fraction of sp³-hybridized carbons (Fsp3) is 0.237. The van der Waals surface area contributed by atoms with Gasteiger partial charge in [0.2, 0.25) is 0 Å². The van der Waals surface area contributed by atoms with Gasteiger partial charge in [0.1, 0.15) is 11.3 Å². The van der Waals surface area contributed by atoms with E-state index in [4.69, 9.17) is 9.97 Å². The van der Waals surface area contributed by atoms with Crippen molar-refractivity contribution in [3.8, 4) is 11.5 Å². The third-order valence-electron chi connectivity index (χ3n) is 8.16. The van der Waals surface area contributed by atoms with Crippen LogP contribution in [0.15, 0.2) is 91.3 Å². The minimum Gasteiger partial charge on any atom is -0.359 e. The summed E-state index contributed by atoms with van der Waals surface area (Å²) in [6, 6.07) is 8.98. The van der Waals surface area contributed by atoms with Crippen LogP contribution in [-0.4, -0.2) is 43.1 Å². The van der Waals surface area contributed by atoms with Gasteiger partial charge in [-0.05, 0) is 105 Å². The number of imidazole rings is 1. The van der Waals surface area contributed by atoms with Crippen molar-refractivity contribution >= 4 is 43.3 Å². The summed E-state index contributed by atoms with van der Waals surface area (Å²) >= 11 is 0. The Bertz CT molecular complexity index is 2050. The maximum Gasteiger partial charge on any atom is 0.161 e. The van der Waals surface area contributed by atoms with E-state index in [1.807, 2.05) is 75.6 Å². The molecule has 47 heavy (non-hydrogen) atoms. The summed E-state index contributed by atoms with van der Waals surface area (Å²) in [4.78, 5) is 13.4. The number of allylic oxidation sites excluding steroid dienone is 8. The predicted octanol–water partition coefficient (Wildman–Crippen LogP) is 8.48. The van der Waals surface area contributed by atoms with Gasteiger partial charge in [-0.25, -0.2) is 14.4 Å². The van der Waals surface area contributed by atoms with Gasteiger partial charge in [-0.1, -0.05) is 55.6 Å². The lowest BCUT2D eigenvalue weighted by Crippen LogP contribution is -2.23. The summed E-state index contributed by atoms with van der Waals surface area (Å²) in [5, 5.41) is 11.1.